The van der Waals surface area contributed by atoms with E-state index in [0.717, 1.165) is 11.3 Å². The van der Waals surface area contributed by atoms with Gasteiger partial charge in [-0.2, -0.15) is 0 Å². The molecule has 3 N–H and O–H groups in total. The van der Waals surface area contributed by atoms with Gasteiger partial charge in [-0.15, -0.1) is 0 Å². The maximum atomic E-state index is 11.9. The van der Waals surface area contributed by atoms with Crippen LogP contribution in [-0.2, 0) is 6.42 Å². The Labute approximate surface area is 129 Å². The fourth-order valence-electron chi connectivity index (χ4n) is 1.93. The van der Waals surface area contributed by atoms with Gasteiger partial charge >= 0.3 is 0 Å². The first-order valence-corrected chi connectivity index (χ1v) is 7.16. The van der Waals surface area contributed by atoms with Gasteiger partial charge in [0.2, 0.25) is 0 Å². The number of carbonyl (C=O) groups is 1. The lowest BCUT2D eigenvalue weighted by Crippen LogP contribution is -2.27. The largest absolute Gasteiger partial charge is 0.491 e. The van der Waals surface area contributed by atoms with Gasteiger partial charge in [0, 0.05) is 18.9 Å². The van der Waals surface area contributed by atoms with E-state index in [1.54, 1.807) is 0 Å². The molecule has 116 valence electrons. The average molecular weight is 300 g/mol. The highest BCUT2D eigenvalue weighted by atomic mass is 16.5. The molecule has 0 atom stereocenters. The molecule has 22 heavy (non-hydrogen) atoms. The van der Waals surface area contributed by atoms with Gasteiger partial charge in [-0.05, 0) is 38.0 Å². The summed E-state index contributed by atoms with van der Waals surface area (Å²) in [5.41, 5.74) is 6.88. The molecule has 1 amide bonds. The smallest absolute Gasteiger partial charge is 0.273 e. The maximum absolute atomic E-state index is 11.9. The standard InChI is InChI=1S/C16H20N4O2/c1-11(2)22-13-5-3-12(4-6-13)7-8-20-16(21)14-15(17)19-10-9-18-14/h3-6,9-11H,7-8H2,1-2H3,(H2,17,19)(H,20,21). The summed E-state index contributed by atoms with van der Waals surface area (Å²) in [6, 6.07) is 7.83. The molecule has 0 radical (unpaired) electrons. The monoisotopic (exact) mass is 300 g/mol. The number of hydrogen-bond acceptors (Lipinski definition) is 5. The van der Waals surface area contributed by atoms with Gasteiger partial charge < -0.3 is 15.8 Å². The summed E-state index contributed by atoms with van der Waals surface area (Å²) in [5, 5.41) is 2.78. The molecule has 2 rings (SSSR count). The number of benzene rings is 1. The molecule has 6 heteroatoms. The predicted molar refractivity (Wildman–Crippen MR) is 84.7 cm³/mol. The molecule has 0 fully saturated rings. The fraction of sp³-hybridized carbons (Fsp3) is 0.312. The SMILES string of the molecule is CC(C)Oc1ccc(CCNC(=O)c2nccnc2N)cc1. The van der Waals surface area contributed by atoms with Crippen molar-refractivity contribution in [3.8, 4) is 5.75 Å². The van der Waals surface area contributed by atoms with Crippen molar-refractivity contribution in [2.24, 2.45) is 0 Å². The number of nitrogens with two attached hydrogens (primary N) is 1. The Balaban J connectivity index is 1.83. The van der Waals surface area contributed by atoms with Gasteiger partial charge in [-0.3, -0.25) is 4.79 Å². The van der Waals surface area contributed by atoms with Crippen LogP contribution in [0.5, 0.6) is 5.75 Å². The average Bonchev–Trinajstić information content (AvgIpc) is 2.49. The van der Waals surface area contributed by atoms with Crippen LogP contribution < -0.4 is 15.8 Å². The van der Waals surface area contributed by atoms with Crippen molar-refractivity contribution in [3.05, 3.63) is 47.9 Å². The van der Waals surface area contributed by atoms with E-state index in [4.69, 9.17) is 10.5 Å². The third kappa shape index (κ3) is 4.44. The highest BCUT2D eigenvalue weighted by molar-refractivity contribution is 5.96. The van der Waals surface area contributed by atoms with Crippen LogP contribution in [0, 0.1) is 0 Å². The van der Waals surface area contributed by atoms with Crippen molar-refractivity contribution in [1.29, 1.82) is 0 Å². The summed E-state index contributed by atoms with van der Waals surface area (Å²) in [6.07, 6.45) is 3.77. The molecule has 1 heterocycles. The highest BCUT2D eigenvalue weighted by Crippen LogP contribution is 2.14. The fourth-order valence-corrected chi connectivity index (χ4v) is 1.93. The highest BCUT2D eigenvalue weighted by Gasteiger charge is 2.10. The third-order valence-electron chi connectivity index (χ3n) is 2.94. The van der Waals surface area contributed by atoms with E-state index >= 15 is 0 Å². The number of anilines is 1. The second-order valence-corrected chi connectivity index (χ2v) is 5.11. The first-order valence-electron chi connectivity index (χ1n) is 7.16. The molecule has 1 aromatic carbocycles. The van der Waals surface area contributed by atoms with Gasteiger partial charge in [0.15, 0.2) is 11.5 Å². The molecule has 1 aromatic heterocycles. The van der Waals surface area contributed by atoms with Crippen LogP contribution in [0.1, 0.15) is 29.9 Å². The lowest BCUT2D eigenvalue weighted by atomic mass is 10.1. The number of aromatic nitrogens is 2. The molecule has 0 saturated heterocycles. The van der Waals surface area contributed by atoms with Crippen molar-refractivity contribution in [3.63, 3.8) is 0 Å². The number of amides is 1. The molecule has 2 aromatic rings. The number of ether oxygens (including phenoxy) is 1. The summed E-state index contributed by atoms with van der Waals surface area (Å²) in [6.45, 7) is 4.47. The predicted octanol–water partition coefficient (Wildman–Crippen LogP) is 1.82. The van der Waals surface area contributed by atoms with Crippen molar-refractivity contribution in [2.45, 2.75) is 26.4 Å². The molecule has 0 aliphatic carbocycles. The maximum Gasteiger partial charge on any atom is 0.273 e. The van der Waals surface area contributed by atoms with Crippen molar-refractivity contribution in [2.75, 3.05) is 12.3 Å². The Morgan fingerprint density at radius 1 is 1.23 bits per heavy atom. The first-order chi connectivity index (χ1) is 10.6. The number of nitrogens with zero attached hydrogens (tertiary/aromatic N) is 2. The molecule has 0 unspecified atom stereocenters. The lowest BCUT2D eigenvalue weighted by molar-refractivity contribution is 0.0950. The van der Waals surface area contributed by atoms with E-state index in [1.807, 2.05) is 38.1 Å². The van der Waals surface area contributed by atoms with Crippen LogP contribution in [0.15, 0.2) is 36.7 Å². The Kier molecular flexibility index (Phi) is 5.30. The van der Waals surface area contributed by atoms with E-state index in [0.29, 0.717) is 13.0 Å². The second-order valence-electron chi connectivity index (χ2n) is 5.11. The van der Waals surface area contributed by atoms with Crippen LogP contribution in [0.25, 0.3) is 0 Å². The molecule has 0 saturated carbocycles. The minimum absolute atomic E-state index is 0.134. The van der Waals surface area contributed by atoms with E-state index < -0.39 is 0 Å². The zero-order valence-electron chi connectivity index (χ0n) is 12.7. The Morgan fingerprint density at radius 3 is 2.55 bits per heavy atom. The van der Waals surface area contributed by atoms with E-state index in [-0.39, 0.29) is 23.5 Å². The Bertz CT molecular complexity index is 626. The van der Waals surface area contributed by atoms with Crippen LogP contribution in [0.4, 0.5) is 5.82 Å². The summed E-state index contributed by atoms with van der Waals surface area (Å²) < 4.78 is 5.58. The number of carbonyl (C=O) groups excluding carboxylic acids is 1. The molecular weight excluding hydrogens is 280 g/mol. The molecule has 6 nitrogen and oxygen atoms in total. The number of nitrogen functional groups attached to an aromatic ring is 1. The zero-order valence-corrected chi connectivity index (χ0v) is 12.7. The number of hydrogen-bond donors (Lipinski definition) is 2. The Morgan fingerprint density at radius 2 is 1.91 bits per heavy atom. The molecule has 0 aliphatic heterocycles. The zero-order chi connectivity index (χ0) is 15.9. The van der Waals surface area contributed by atoms with Crippen molar-refractivity contribution >= 4 is 11.7 Å². The van der Waals surface area contributed by atoms with E-state index in [1.165, 1.54) is 12.4 Å². The summed E-state index contributed by atoms with van der Waals surface area (Å²) in [5.74, 6) is 0.663. The molecular formula is C16H20N4O2. The van der Waals surface area contributed by atoms with Crippen molar-refractivity contribution < 1.29 is 9.53 Å². The van der Waals surface area contributed by atoms with Crippen LogP contribution in [0.2, 0.25) is 0 Å². The van der Waals surface area contributed by atoms with Crippen LogP contribution in [0.3, 0.4) is 0 Å². The van der Waals surface area contributed by atoms with E-state index in [2.05, 4.69) is 15.3 Å². The molecule has 0 bridgehead atoms. The lowest BCUT2D eigenvalue weighted by Gasteiger charge is -2.10. The summed E-state index contributed by atoms with van der Waals surface area (Å²) in [4.78, 5) is 19.7. The van der Waals surface area contributed by atoms with Crippen LogP contribution >= 0.6 is 0 Å². The second kappa shape index (κ2) is 7.40. The minimum Gasteiger partial charge on any atom is -0.491 e. The van der Waals surface area contributed by atoms with Crippen molar-refractivity contribution in [1.82, 2.24) is 15.3 Å². The van der Waals surface area contributed by atoms with Crippen LogP contribution in [-0.4, -0.2) is 28.5 Å². The third-order valence-corrected chi connectivity index (χ3v) is 2.94. The number of rotatable bonds is 6. The van der Waals surface area contributed by atoms with E-state index in [9.17, 15) is 4.79 Å². The van der Waals surface area contributed by atoms with Gasteiger partial charge in [0.1, 0.15) is 5.75 Å². The van der Waals surface area contributed by atoms with Gasteiger partial charge in [-0.25, -0.2) is 9.97 Å². The minimum atomic E-state index is -0.314. The summed E-state index contributed by atoms with van der Waals surface area (Å²) >= 11 is 0. The van der Waals surface area contributed by atoms with Gasteiger partial charge in [-0.1, -0.05) is 12.1 Å². The topological polar surface area (TPSA) is 90.1 Å². The summed E-state index contributed by atoms with van der Waals surface area (Å²) in [7, 11) is 0. The van der Waals surface area contributed by atoms with Gasteiger partial charge in [0.05, 0.1) is 6.10 Å². The first kappa shape index (κ1) is 15.8. The molecule has 0 aliphatic rings. The number of nitrogens with one attached hydrogen (secondary N) is 1. The Hall–Kier alpha value is -2.63. The van der Waals surface area contributed by atoms with Gasteiger partial charge in [0.25, 0.3) is 5.91 Å². The quantitative estimate of drug-likeness (QED) is 0.849. The normalized spacial score (nSPS) is 10.5. The molecule has 0 spiro atoms.